The van der Waals surface area contributed by atoms with Crippen LogP contribution in [-0.2, 0) is 0 Å². The maximum Gasteiger partial charge on any atom is -0.0230 e. The summed E-state index contributed by atoms with van der Waals surface area (Å²) in [4.78, 5) is 0. The Hall–Kier alpha value is -1.04. The van der Waals surface area contributed by atoms with E-state index in [1.807, 2.05) is 18.2 Å². The van der Waals surface area contributed by atoms with E-state index in [1.54, 1.807) is 0 Å². The molecule has 0 aliphatic rings. The Balaban J connectivity index is 4.06. The van der Waals surface area contributed by atoms with Gasteiger partial charge in [-0.05, 0) is 31.1 Å². The Morgan fingerprint density at radius 1 is 1.07 bits per heavy atom. The van der Waals surface area contributed by atoms with Gasteiger partial charge in [0.25, 0.3) is 0 Å². The van der Waals surface area contributed by atoms with Crippen molar-refractivity contribution in [3.63, 3.8) is 0 Å². The Labute approximate surface area is 95.1 Å². The van der Waals surface area contributed by atoms with E-state index in [0.29, 0.717) is 11.8 Å². The second-order valence-corrected chi connectivity index (χ2v) is 4.18. The Bertz CT molecular complexity index is 232. The molecule has 2 unspecified atom stereocenters. The fourth-order valence-electron chi connectivity index (χ4n) is 1.23. The summed E-state index contributed by atoms with van der Waals surface area (Å²) in [5.41, 5.74) is 1.34. The van der Waals surface area contributed by atoms with Crippen molar-refractivity contribution in [2.45, 2.75) is 33.1 Å². The molecule has 0 fully saturated rings. The van der Waals surface area contributed by atoms with E-state index >= 15 is 0 Å². The van der Waals surface area contributed by atoms with Crippen molar-refractivity contribution in [2.75, 3.05) is 0 Å². The molecule has 0 heteroatoms. The van der Waals surface area contributed by atoms with E-state index < -0.39 is 0 Å². The second kappa shape index (κ2) is 8.28. The predicted molar refractivity (Wildman–Crippen MR) is 70.9 cm³/mol. The third kappa shape index (κ3) is 6.96. The summed E-state index contributed by atoms with van der Waals surface area (Å²) in [7, 11) is 0. The van der Waals surface area contributed by atoms with Crippen LogP contribution >= 0.6 is 0 Å². The highest BCUT2D eigenvalue weighted by Gasteiger charge is 1.99. The molecule has 0 radical (unpaired) electrons. The summed E-state index contributed by atoms with van der Waals surface area (Å²) in [6.45, 7) is 15.8. The topological polar surface area (TPSA) is 0 Å². The minimum absolute atomic E-state index is 0.553. The molecule has 0 N–H and O–H groups in total. The normalized spacial score (nSPS) is 15.5. The Morgan fingerprint density at radius 3 is 2.13 bits per heavy atom. The van der Waals surface area contributed by atoms with Gasteiger partial charge in [0.05, 0.1) is 0 Å². The quantitative estimate of drug-likeness (QED) is 0.389. The molecule has 0 rings (SSSR count). The van der Waals surface area contributed by atoms with Crippen LogP contribution in [0.5, 0.6) is 0 Å². The van der Waals surface area contributed by atoms with Gasteiger partial charge in [-0.25, -0.2) is 0 Å². The molecule has 84 valence electrons. The van der Waals surface area contributed by atoms with Gasteiger partial charge in [0.2, 0.25) is 0 Å². The molecule has 0 aromatic heterocycles. The van der Waals surface area contributed by atoms with Crippen LogP contribution in [0.15, 0.2) is 49.6 Å². The van der Waals surface area contributed by atoms with Gasteiger partial charge in [-0.1, -0.05) is 50.3 Å². The second-order valence-electron chi connectivity index (χ2n) is 4.18. The third-order valence-corrected chi connectivity index (χ3v) is 2.71. The van der Waals surface area contributed by atoms with Gasteiger partial charge in [-0.3, -0.25) is 0 Å². The van der Waals surface area contributed by atoms with Crippen LogP contribution in [0.3, 0.4) is 0 Å². The van der Waals surface area contributed by atoms with Crippen LogP contribution in [0.25, 0.3) is 0 Å². The van der Waals surface area contributed by atoms with Crippen molar-refractivity contribution in [1.29, 1.82) is 0 Å². The van der Waals surface area contributed by atoms with E-state index in [1.165, 1.54) is 5.57 Å². The molecule has 0 amide bonds. The van der Waals surface area contributed by atoms with Gasteiger partial charge in [-0.15, -0.1) is 13.2 Å². The average Bonchev–Trinajstić information content (AvgIpc) is 2.28. The van der Waals surface area contributed by atoms with Gasteiger partial charge in [-0.2, -0.15) is 0 Å². The number of allylic oxidation sites excluding steroid dienone is 5. The molecule has 0 heterocycles. The van der Waals surface area contributed by atoms with Gasteiger partial charge < -0.3 is 0 Å². The molecule has 0 aromatic carbocycles. The minimum atomic E-state index is 0.553. The molecular formula is C15H24. The van der Waals surface area contributed by atoms with Crippen molar-refractivity contribution in [3.05, 3.63) is 49.6 Å². The van der Waals surface area contributed by atoms with Gasteiger partial charge in [0.1, 0.15) is 0 Å². The molecule has 0 saturated carbocycles. The zero-order valence-corrected chi connectivity index (χ0v) is 10.2. The van der Waals surface area contributed by atoms with E-state index in [2.05, 4.69) is 39.7 Å². The van der Waals surface area contributed by atoms with Crippen LogP contribution in [-0.4, -0.2) is 0 Å². The fourth-order valence-corrected chi connectivity index (χ4v) is 1.23. The lowest BCUT2D eigenvalue weighted by molar-refractivity contribution is 0.647. The van der Waals surface area contributed by atoms with Crippen LogP contribution in [0.4, 0.5) is 0 Å². The van der Waals surface area contributed by atoms with Gasteiger partial charge >= 0.3 is 0 Å². The highest BCUT2D eigenvalue weighted by Crippen LogP contribution is 2.15. The standard InChI is InChI=1S/C15H24/c1-6-13(4)9-11-15(8-3)12-10-14(5)7-2/h6-8,11,13-14H,1-3,9-10,12H2,4-5H3/b15-11+. The zero-order valence-electron chi connectivity index (χ0n) is 10.2. The lowest BCUT2D eigenvalue weighted by Crippen LogP contribution is -1.91. The Kier molecular flexibility index (Phi) is 7.71. The van der Waals surface area contributed by atoms with E-state index in [0.717, 1.165) is 19.3 Å². The number of rotatable bonds is 8. The van der Waals surface area contributed by atoms with Crippen molar-refractivity contribution in [3.8, 4) is 0 Å². The SMILES string of the molecule is C=C/C(=C\CC(C)C=C)CCC(C)C=C. The van der Waals surface area contributed by atoms with Crippen molar-refractivity contribution < 1.29 is 0 Å². The molecular weight excluding hydrogens is 180 g/mol. The highest BCUT2D eigenvalue weighted by atomic mass is 14.0. The molecule has 0 saturated heterocycles. The van der Waals surface area contributed by atoms with E-state index in [-0.39, 0.29) is 0 Å². The van der Waals surface area contributed by atoms with Crippen LogP contribution in [0.1, 0.15) is 33.1 Å². The van der Waals surface area contributed by atoms with Crippen molar-refractivity contribution in [1.82, 2.24) is 0 Å². The van der Waals surface area contributed by atoms with Crippen molar-refractivity contribution >= 4 is 0 Å². The number of hydrogen-bond donors (Lipinski definition) is 0. The lowest BCUT2D eigenvalue weighted by atomic mass is 9.99. The largest absolute Gasteiger partial charge is 0.103 e. The lowest BCUT2D eigenvalue weighted by Gasteiger charge is -2.07. The van der Waals surface area contributed by atoms with E-state index in [9.17, 15) is 0 Å². The summed E-state index contributed by atoms with van der Waals surface area (Å²) in [5.74, 6) is 1.14. The van der Waals surface area contributed by atoms with Gasteiger partial charge in [0.15, 0.2) is 0 Å². The molecule has 0 spiro atoms. The summed E-state index contributed by atoms with van der Waals surface area (Å²) >= 11 is 0. The maximum absolute atomic E-state index is 3.85. The van der Waals surface area contributed by atoms with Crippen molar-refractivity contribution in [2.24, 2.45) is 11.8 Å². The molecule has 0 bridgehead atoms. The summed E-state index contributed by atoms with van der Waals surface area (Å²) in [5, 5.41) is 0. The predicted octanol–water partition coefficient (Wildman–Crippen LogP) is 4.91. The minimum Gasteiger partial charge on any atom is -0.103 e. The fraction of sp³-hybridized carbons (Fsp3) is 0.467. The molecule has 0 aliphatic heterocycles. The first kappa shape index (κ1) is 14.0. The van der Waals surface area contributed by atoms with Crippen LogP contribution in [0.2, 0.25) is 0 Å². The van der Waals surface area contributed by atoms with Crippen LogP contribution in [0, 0.1) is 11.8 Å². The van der Waals surface area contributed by atoms with Crippen LogP contribution < -0.4 is 0 Å². The highest BCUT2D eigenvalue weighted by molar-refractivity contribution is 5.16. The molecule has 0 nitrogen and oxygen atoms in total. The summed E-state index contributed by atoms with van der Waals surface area (Å²) < 4.78 is 0. The molecule has 0 aromatic rings. The average molecular weight is 204 g/mol. The molecule has 0 aliphatic carbocycles. The monoisotopic (exact) mass is 204 g/mol. The molecule has 2 atom stereocenters. The third-order valence-electron chi connectivity index (χ3n) is 2.71. The summed E-state index contributed by atoms with van der Waals surface area (Å²) in [6.07, 6.45) is 11.6. The number of hydrogen-bond acceptors (Lipinski definition) is 0. The molecule has 15 heavy (non-hydrogen) atoms. The first-order valence-electron chi connectivity index (χ1n) is 5.70. The maximum atomic E-state index is 3.85. The zero-order chi connectivity index (χ0) is 11.7. The van der Waals surface area contributed by atoms with Gasteiger partial charge in [0, 0.05) is 0 Å². The first-order chi connectivity index (χ1) is 7.13. The Morgan fingerprint density at radius 2 is 1.67 bits per heavy atom. The summed E-state index contributed by atoms with van der Waals surface area (Å²) in [6, 6.07) is 0. The smallest absolute Gasteiger partial charge is 0.0230 e. The first-order valence-corrected chi connectivity index (χ1v) is 5.70. The van der Waals surface area contributed by atoms with E-state index in [4.69, 9.17) is 0 Å².